The first kappa shape index (κ1) is 17.4. The number of hydrogen-bond acceptors (Lipinski definition) is 5. The molecule has 2 heterocycles. The average molecular weight is 386 g/mol. The van der Waals surface area contributed by atoms with Crippen LogP contribution in [0.2, 0.25) is 0 Å². The molecule has 9 nitrogen and oxygen atoms in total. The SMILES string of the molecule is CN(C)S(=O)(=O)c1ccc(-n2nc(C(N)=O)c3c2-c2cn[nH]c2CC3)cc1. The van der Waals surface area contributed by atoms with E-state index in [0.29, 0.717) is 18.5 Å². The molecule has 1 amide bonds. The molecule has 0 fully saturated rings. The number of fused-ring (bicyclic) bond motifs is 3. The van der Waals surface area contributed by atoms with Crippen molar-refractivity contribution in [3.05, 3.63) is 47.4 Å². The number of H-pyrrole nitrogens is 1. The lowest BCUT2D eigenvalue weighted by Crippen LogP contribution is -2.22. The van der Waals surface area contributed by atoms with Crippen molar-refractivity contribution < 1.29 is 13.2 Å². The number of aromatic nitrogens is 4. The van der Waals surface area contributed by atoms with Crippen molar-refractivity contribution >= 4 is 15.9 Å². The lowest BCUT2D eigenvalue weighted by atomic mass is 9.93. The van der Waals surface area contributed by atoms with Crippen molar-refractivity contribution in [3.63, 3.8) is 0 Å². The van der Waals surface area contributed by atoms with Crippen LogP contribution in [0.5, 0.6) is 0 Å². The number of hydrogen-bond donors (Lipinski definition) is 2. The van der Waals surface area contributed by atoms with Crippen LogP contribution in [0.3, 0.4) is 0 Å². The van der Waals surface area contributed by atoms with E-state index in [1.807, 2.05) is 0 Å². The summed E-state index contributed by atoms with van der Waals surface area (Å²) in [5.41, 5.74) is 9.73. The fraction of sp³-hybridized carbons (Fsp3) is 0.235. The van der Waals surface area contributed by atoms with E-state index < -0.39 is 15.9 Å². The number of carbonyl (C=O) groups excluding carboxylic acids is 1. The summed E-state index contributed by atoms with van der Waals surface area (Å²) < 4.78 is 27.3. The maximum Gasteiger partial charge on any atom is 0.269 e. The fourth-order valence-electron chi connectivity index (χ4n) is 3.28. The molecule has 0 spiro atoms. The van der Waals surface area contributed by atoms with Crippen LogP contribution in [-0.2, 0) is 22.9 Å². The summed E-state index contributed by atoms with van der Waals surface area (Å²) in [6, 6.07) is 6.34. The molecule has 0 bridgehead atoms. The van der Waals surface area contributed by atoms with Crippen LogP contribution < -0.4 is 5.73 Å². The van der Waals surface area contributed by atoms with Gasteiger partial charge in [0, 0.05) is 30.9 Å². The molecule has 10 heteroatoms. The third kappa shape index (κ3) is 2.64. The number of aryl methyl sites for hydroxylation is 1. The third-order valence-electron chi connectivity index (χ3n) is 4.68. The first-order valence-electron chi connectivity index (χ1n) is 8.28. The molecule has 0 saturated carbocycles. The van der Waals surface area contributed by atoms with Gasteiger partial charge in [-0.3, -0.25) is 9.89 Å². The van der Waals surface area contributed by atoms with E-state index in [1.165, 1.54) is 26.2 Å². The molecule has 4 rings (SSSR count). The highest BCUT2D eigenvalue weighted by Gasteiger charge is 2.29. The van der Waals surface area contributed by atoms with Crippen LogP contribution in [0.1, 0.15) is 21.7 Å². The standard InChI is InChI=1S/C17H18N6O3S/c1-22(2)27(25,26)11-5-3-10(4-6-11)23-16-12(15(21-23)17(18)24)7-8-14-13(16)9-19-20-14/h3-6,9H,7-8H2,1-2H3,(H2,18,24)(H,19,20). The van der Waals surface area contributed by atoms with Gasteiger partial charge >= 0.3 is 0 Å². The average Bonchev–Trinajstić information content (AvgIpc) is 3.25. The number of primary amides is 1. The van der Waals surface area contributed by atoms with Crippen molar-refractivity contribution in [2.45, 2.75) is 17.7 Å². The van der Waals surface area contributed by atoms with E-state index in [1.54, 1.807) is 23.0 Å². The number of aromatic amines is 1. The smallest absolute Gasteiger partial charge is 0.269 e. The Labute approximate surface area is 155 Å². The zero-order chi connectivity index (χ0) is 19.3. The Hall–Kier alpha value is -2.98. The quantitative estimate of drug-likeness (QED) is 0.683. The van der Waals surface area contributed by atoms with Gasteiger partial charge in [0.05, 0.1) is 22.5 Å². The van der Waals surface area contributed by atoms with E-state index >= 15 is 0 Å². The van der Waals surface area contributed by atoms with Crippen molar-refractivity contribution in [2.24, 2.45) is 5.73 Å². The minimum Gasteiger partial charge on any atom is -0.364 e. The number of rotatable bonds is 4. The zero-order valence-corrected chi connectivity index (χ0v) is 15.6. The molecule has 3 N–H and O–H groups in total. The van der Waals surface area contributed by atoms with Gasteiger partial charge in [-0.05, 0) is 37.1 Å². The Morgan fingerprint density at radius 2 is 1.93 bits per heavy atom. The summed E-state index contributed by atoms with van der Waals surface area (Å²) in [5.74, 6) is -0.594. The summed E-state index contributed by atoms with van der Waals surface area (Å²) in [6.45, 7) is 0. The molecule has 2 aromatic heterocycles. The van der Waals surface area contributed by atoms with Gasteiger partial charge in [0.1, 0.15) is 0 Å². The number of nitrogens with zero attached hydrogens (tertiary/aromatic N) is 4. The predicted octanol–water partition coefficient (Wildman–Crippen LogP) is 0.710. The van der Waals surface area contributed by atoms with Gasteiger partial charge in [0.2, 0.25) is 10.0 Å². The topological polar surface area (TPSA) is 127 Å². The third-order valence-corrected chi connectivity index (χ3v) is 6.50. The minimum atomic E-state index is -3.53. The molecule has 1 aliphatic rings. The van der Waals surface area contributed by atoms with Gasteiger partial charge < -0.3 is 5.73 Å². The molecule has 3 aromatic rings. The van der Waals surface area contributed by atoms with Crippen molar-refractivity contribution in [1.29, 1.82) is 0 Å². The van der Waals surface area contributed by atoms with E-state index in [2.05, 4.69) is 15.3 Å². The Morgan fingerprint density at radius 1 is 1.22 bits per heavy atom. The molecular weight excluding hydrogens is 368 g/mol. The summed E-state index contributed by atoms with van der Waals surface area (Å²) >= 11 is 0. The molecule has 0 unspecified atom stereocenters. The maximum absolute atomic E-state index is 12.3. The molecule has 0 aliphatic heterocycles. The van der Waals surface area contributed by atoms with E-state index in [4.69, 9.17) is 5.73 Å². The van der Waals surface area contributed by atoms with Crippen LogP contribution in [-0.4, -0.2) is 52.7 Å². The number of benzene rings is 1. The monoisotopic (exact) mass is 386 g/mol. The summed E-state index contributed by atoms with van der Waals surface area (Å²) in [6.07, 6.45) is 3.03. The van der Waals surface area contributed by atoms with Gasteiger partial charge in [-0.2, -0.15) is 10.2 Å². The molecule has 140 valence electrons. The van der Waals surface area contributed by atoms with E-state index in [-0.39, 0.29) is 10.6 Å². The number of nitrogens with two attached hydrogens (primary N) is 1. The number of sulfonamides is 1. The second kappa shape index (κ2) is 6.03. The molecule has 1 aliphatic carbocycles. The fourth-order valence-corrected chi connectivity index (χ4v) is 4.18. The van der Waals surface area contributed by atoms with Crippen molar-refractivity contribution in [1.82, 2.24) is 24.3 Å². The summed E-state index contributed by atoms with van der Waals surface area (Å²) in [5, 5.41) is 11.5. The molecule has 27 heavy (non-hydrogen) atoms. The summed E-state index contributed by atoms with van der Waals surface area (Å²) in [4.78, 5) is 12.0. The largest absolute Gasteiger partial charge is 0.364 e. The molecule has 0 atom stereocenters. The Morgan fingerprint density at radius 3 is 2.56 bits per heavy atom. The second-order valence-corrected chi connectivity index (χ2v) is 8.65. The Kier molecular flexibility index (Phi) is 3.89. The van der Waals surface area contributed by atoms with Gasteiger partial charge in [-0.1, -0.05) is 0 Å². The lowest BCUT2D eigenvalue weighted by Gasteiger charge is -2.15. The minimum absolute atomic E-state index is 0.177. The highest BCUT2D eigenvalue weighted by Crippen LogP contribution is 2.36. The second-order valence-electron chi connectivity index (χ2n) is 6.50. The predicted molar refractivity (Wildman–Crippen MR) is 97.9 cm³/mol. The van der Waals surface area contributed by atoms with Gasteiger partial charge in [0.15, 0.2) is 5.69 Å². The van der Waals surface area contributed by atoms with Gasteiger partial charge in [-0.15, -0.1) is 0 Å². The molecular formula is C17H18N6O3S. The number of nitrogens with one attached hydrogen (secondary N) is 1. The molecule has 0 radical (unpaired) electrons. The highest BCUT2D eigenvalue weighted by atomic mass is 32.2. The van der Waals surface area contributed by atoms with Crippen LogP contribution in [0.4, 0.5) is 0 Å². The molecule has 1 aromatic carbocycles. The van der Waals surface area contributed by atoms with Crippen LogP contribution in [0.25, 0.3) is 16.9 Å². The van der Waals surface area contributed by atoms with Gasteiger partial charge in [-0.25, -0.2) is 17.4 Å². The van der Waals surface area contributed by atoms with Crippen molar-refractivity contribution in [3.8, 4) is 16.9 Å². The van der Waals surface area contributed by atoms with E-state index in [0.717, 1.165) is 26.8 Å². The maximum atomic E-state index is 12.3. The van der Waals surface area contributed by atoms with Gasteiger partial charge in [0.25, 0.3) is 5.91 Å². The number of amides is 1. The Bertz CT molecular complexity index is 1140. The van der Waals surface area contributed by atoms with Crippen LogP contribution >= 0.6 is 0 Å². The molecule has 0 saturated heterocycles. The first-order chi connectivity index (χ1) is 12.8. The Balaban J connectivity index is 1.88. The highest BCUT2D eigenvalue weighted by molar-refractivity contribution is 7.89. The normalized spacial score (nSPS) is 13.4. The lowest BCUT2D eigenvalue weighted by molar-refractivity contribution is 0.0994. The van der Waals surface area contributed by atoms with E-state index in [9.17, 15) is 13.2 Å². The van der Waals surface area contributed by atoms with Crippen LogP contribution in [0.15, 0.2) is 35.4 Å². The zero-order valence-electron chi connectivity index (χ0n) is 14.8. The van der Waals surface area contributed by atoms with Crippen LogP contribution in [0, 0.1) is 0 Å². The first-order valence-corrected chi connectivity index (χ1v) is 9.72. The summed E-state index contributed by atoms with van der Waals surface area (Å²) in [7, 11) is -0.569. The number of carbonyl (C=O) groups is 1. The van der Waals surface area contributed by atoms with Crippen molar-refractivity contribution in [2.75, 3.05) is 14.1 Å².